The molecule has 0 bridgehead atoms. The Hall–Kier alpha value is -3.80. The highest BCUT2D eigenvalue weighted by molar-refractivity contribution is 6.04. The van der Waals surface area contributed by atoms with E-state index >= 15 is 0 Å². The lowest BCUT2D eigenvalue weighted by Crippen LogP contribution is -2.13. The highest BCUT2D eigenvalue weighted by Crippen LogP contribution is 2.23. The van der Waals surface area contributed by atoms with Gasteiger partial charge in [-0.25, -0.2) is 4.98 Å². The van der Waals surface area contributed by atoms with Crippen molar-refractivity contribution in [3.8, 4) is 0 Å². The van der Waals surface area contributed by atoms with Crippen LogP contribution in [-0.2, 0) is 6.42 Å². The van der Waals surface area contributed by atoms with Crippen LogP contribution in [0.4, 0.5) is 11.5 Å². The Balaban J connectivity index is 1.51. The van der Waals surface area contributed by atoms with Gasteiger partial charge in [0, 0.05) is 18.1 Å². The van der Waals surface area contributed by atoms with Gasteiger partial charge in [-0.15, -0.1) is 0 Å². The number of fused-ring (bicyclic) bond motifs is 1. The summed E-state index contributed by atoms with van der Waals surface area (Å²) in [5, 5.41) is 6.37. The van der Waals surface area contributed by atoms with Gasteiger partial charge < -0.3 is 10.6 Å². The second-order valence-electron chi connectivity index (χ2n) is 7.59. The lowest BCUT2D eigenvalue weighted by atomic mass is 10.1. The Labute approximate surface area is 181 Å². The molecule has 0 saturated heterocycles. The summed E-state index contributed by atoms with van der Waals surface area (Å²) in [6, 6.07) is 15.7. The second kappa shape index (κ2) is 8.92. The normalized spacial score (nSPS) is 11.8. The molecule has 1 amide bonds. The summed E-state index contributed by atoms with van der Waals surface area (Å²) in [5.74, 6) is 0.544. The summed E-state index contributed by atoms with van der Waals surface area (Å²) in [5.41, 5.74) is 6.25. The van der Waals surface area contributed by atoms with Gasteiger partial charge in [0.05, 0.1) is 28.8 Å². The van der Waals surface area contributed by atoms with Crippen molar-refractivity contribution in [1.82, 2.24) is 15.0 Å². The van der Waals surface area contributed by atoms with Crippen LogP contribution in [0.1, 0.15) is 46.9 Å². The Bertz CT molecular complexity index is 1240. The number of hydrogen-bond acceptors (Lipinski definition) is 5. The largest absolute Gasteiger partial charge is 0.362 e. The SMILES string of the molecule is CCc1cccc2ncc(NC(C)c3cccc(NC(=O)c4cncc(C)c4)c3)nc12. The molecule has 6 heteroatoms. The number of para-hydroxylation sites is 1. The Kier molecular flexibility index (Phi) is 5.89. The number of aryl methyl sites for hydroxylation is 2. The van der Waals surface area contributed by atoms with Crippen molar-refractivity contribution in [3.05, 3.63) is 89.4 Å². The standard InChI is InChI=1S/C25H25N5O/c1-4-18-7-6-10-22-24(18)30-23(15-27-22)28-17(3)19-8-5-9-21(12-19)29-25(31)20-11-16(2)13-26-14-20/h5-15,17H,4H2,1-3H3,(H,28,30)(H,29,31). The average molecular weight is 412 g/mol. The molecule has 0 aliphatic carbocycles. The minimum atomic E-state index is -0.179. The number of nitrogens with zero attached hydrogens (tertiary/aromatic N) is 3. The maximum atomic E-state index is 12.5. The Morgan fingerprint density at radius 3 is 2.71 bits per heavy atom. The maximum absolute atomic E-state index is 12.5. The van der Waals surface area contributed by atoms with Gasteiger partial charge in [0.25, 0.3) is 5.91 Å². The van der Waals surface area contributed by atoms with Crippen LogP contribution < -0.4 is 10.6 Å². The van der Waals surface area contributed by atoms with Crippen LogP contribution in [0.15, 0.2) is 67.1 Å². The van der Waals surface area contributed by atoms with E-state index in [0.717, 1.165) is 40.1 Å². The third-order valence-corrected chi connectivity index (χ3v) is 5.18. The van der Waals surface area contributed by atoms with Crippen molar-refractivity contribution < 1.29 is 4.79 Å². The molecule has 1 unspecified atom stereocenters. The van der Waals surface area contributed by atoms with E-state index in [1.54, 1.807) is 18.6 Å². The van der Waals surface area contributed by atoms with Gasteiger partial charge in [-0.2, -0.15) is 0 Å². The molecule has 0 saturated carbocycles. The van der Waals surface area contributed by atoms with Crippen LogP contribution >= 0.6 is 0 Å². The third-order valence-electron chi connectivity index (χ3n) is 5.18. The van der Waals surface area contributed by atoms with Gasteiger partial charge >= 0.3 is 0 Å². The molecule has 0 aliphatic rings. The molecule has 2 aromatic carbocycles. The van der Waals surface area contributed by atoms with Crippen LogP contribution in [-0.4, -0.2) is 20.9 Å². The predicted molar refractivity (Wildman–Crippen MR) is 124 cm³/mol. The summed E-state index contributed by atoms with van der Waals surface area (Å²) in [7, 11) is 0. The Morgan fingerprint density at radius 1 is 1.06 bits per heavy atom. The van der Waals surface area contributed by atoms with Crippen LogP contribution in [0.2, 0.25) is 0 Å². The van der Waals surface area contributed by atoms with Gasteiger partial charge in [-0.05, 0) is 61.2 Å². The fourth-order valence-electron chi connectivity index (χ4n) is 3.52. The first kappa shape index (κ1) is 20.5. The second-order valence-corrected chi connectivity index (χ2v) is 7.59. The molecule has 0 radical (unpaired) electrons. The lowest BCUT2D eigenvalue weighted by molar-refractivity contribution is 0.102. The van der Waals surface area contributed by atoms with Crippen molar-refractivity contribution in [2.24, 2.45) is 0 Å². The van der Waals surface area contributed by atoms with E-state index in [1.165, 1.54) is 5.56 Å². The van der Waals surface area contributed by atoms with Crippen LogP contribution in [0, 0.1) is 6.92 Å². The molecule has 0 spiro atoms. The van der Waals surface area contributed by atoms with Crippen LogP contribution in [0.5, 0.6) is 0 Å². The molecule has 1 atom stereocenters. The molecule has 4 rings (SSSR count). The molecule has 31 heavy (non-hydrogen) atoms. The first-order valence-corrected chi connectivity index (χ1v) is 10.4. The molecule has 6 nitrogen and oxygen atoms in total. The van der Waals surface area contributed by atoms with Crippen LogP contribution in [0.25, 0.3) is 11.0 Å². The van der Waals surface area contributed by atoms with Gasteiger partial charge in [0.2, 0.25) is 0 Å². The number of rotatable bonds is 6. The van der Waals surface area contributed by atoms with E-state index in [1.807, 2.05) is 49.4 Å². The molecule has 4 aromatic rings. The summed E-state index contributed by atoms with van der Waals surface area (Å²) in [6.07, 6.45) is 5.96. The summed E-state index contributed by atoms with van der Waals surface area (Å²) in [4.78, 5) is 26.0. The summed E-state index contributed by atoms with van der Waals surface area (Å²) < 4.78 is 0. The van der Waals surface area contributed by atoms with Gasteiger partial charge in [-0.1, -0.05) is 31.2 Å². The maximum Gasteiger partial charge on any atom is 0.257 e. The average Bonchev–Trinajstić information content (AvgIpc) is 2.78. The first-order valence-electron chi connectivity index (χ1n) is 10.4. The number of hydrogen-bond donors (Lipinski definition) is 2. The predicted octanol–water partition coefficient (Wildman–Crippen LogP) is 5.32. The number of carbonyl (C=O) groups is 1. The van der Waals surface area contributed by atoms with Crippen molar-refractivity contribution in [2.75, 3.05) is 10.6 Å². The van der Waals surface area contributed by atoms with E-state index < -0.39 is 0 Å². The zero-order valence-electron chi connectivity index (χ0n) is 17.9. The summed E-state index contributed by atoms with van der Waals surface area (Å²) in [6.45, 7) is 6.09. The van der Waals surface area contributed by atoms with E-state index in [0.29, 0.717) is 5.56 Å². The van der Waals surface area contributed by atoms with Crippen molar-refractivity contribution in [2.45, 2.75) is 33.2 Å². The lowest BCUT2D eigenvalue weighted by Gasteiger charge is -2.17. The molecule has 2 N–H and O–H groups in total. The number of benzene rings is 2. The van der Waals surface area contributed by atoms with Crippen molar-refractivity contribution in [3.63, 3.8) is 0 Å². The van der Waals surface area contributed by atoms with Gasteiger partial charge in [0.15, 0.2) is 0 Å². The topological polar surface area (TPSA) is 79.8 Å². The Morgan fingerprint density at radius 2 is 1.90 bits per heavy atom. The molecule has 2 aromatic heterocycles. The fraction of sp³-hybridized carbons (Fsp3) is 0.200. The number of carbonyl (C=O) groups excluding carboxylic acids is 1. The molecule has 0 fully saturated rings. The smallest absolute Gasteiger partial charge is 0.257 e. The molecule has 0 aliphatic heterocycles. The van der Waals surface area contributed by atoms with Crippen molar-refractivity contribution >= 4 is 28.4 Å². The minimum absolute atomic E-state index is 0.0157. The quantitative estimate of drug-likeness (QED) is 0.449. The van der Waals surface area contributed by atoms with Gasteiger partial charge in [0.1, 0.15) is 5.82 Å². The van der Waals surface area contributed by atoms with Crippen molar-refractivity contribution in [1.29, 1.82) is 0 Å². The molecule has 156 valence electrons. The highest BCUT2D eigenvalue weighted by Gasteiger charge is 2.11. The third kappa shape index (κ3) is 4.69. The highest BCUT2D eigenvalue weighted by atomic mass is 16.1. The summed E-state index contributed by atoms with van der Waals surface area (Å²) >= 11 is 0. The van der Waals surface area contributed by atoms with Gasteiger partial charge in [-0.3, -0.25) is 14.8 Å². The zero-order chi connectivity index (χ0) is 21.8. The number of anilines is 2. The monoisotopic (exact) mass is 411 g/mol. The van der Waals surface area contributed by atoms with Crippen LogP contribution in [0.3, 0.4) is 0 Å². The molecule has 2 heterocycles. The number of aromatic nitrogens is 3. The zero-order valence-corrected chi connectivity index (χ0v) is 17.9. The first-order chi connectivity index (χ1) is 15.0. The molecular weight excluding hydrogens is 386 g/mol. The minimum Gasteiger partial charge on any atom is -0.362 e. The number of nitrogens with one attached hydrogen (secondary N) is 2. The van der Waals surface area contributed by atoms with E-state index in [4.69, 9.17) is 4.98 Å². The number of amides is 1. The van der Waals surface area contributed by atoms with E-state index in [9.17, 15) is 4.79 Å². The number of pyridine rings is 1. The van der Waals surface area contributed by atoms with E-state index in [-0.39, 0.29) is 11.9 Å². The van der Waals surface area contributed by atoms with E-state index in [2.05, 4.69) is 40.5 Å². The fourth-order valence-corrected chi connectivity index (χ4v) is 3.52. The molecular formula is C25H25N5O.